The minimum absolute atomic E-state index is 0.0886. The molecule has 0 aliphatic carbocycles. The molecule has 0 saturated carbocycles. The number of rotatable bonds is 4. The number of anilines is 1. The number of ether oxygens (including phenoxy) is 1. The van der Waals surface area contributed by atoms with E-state index in [0.29, 0.717) is 5.69 Å². The first-order chi connectivity index (χ1) is 9.51. The Morgan fingerprint density at radius 2 is 2.25 bits per heavy atom. The number of carbonyl (C=O) groups excluding carboxylic acids is 1. The van der Waals surface area contributed by atoms with Gasteiger partial charge in [-0.3, -0.25) is 14.2 Å². The molecule has 2 aromatic rings. The van der Waals surface area contributed by atoms with Gasteiger partial charge in [0.2, 0.25) is 5.91 Å². The molecule has 0 radical (unpaired) electrons. The number of thiazole rings is 1. The molecule has 1 amide bonds. The number of aromatic nitrogens is 1. The van der Waals surface area contributed by atoms with Gasteiger partial charge in [0, 0.05) is 17.1 Å². The van der Waals surface area contributed by atoms with Crippen LogP contribution in [-0.2, 0) is 11.3 Å². The van der Waals surface area contributed by atoms with Crippen LogP contribution in [0.1, 0.15) is 5.69 Å². The summed E-state index contributed by atoms with van der Waals surface area (Å²) < 4.78 is 19.4. The molecule has 0 aliphatic heterocycles. The standard InChI is InChI=1S/C13H13FN2O3S/c1-8-7-20-13(18)16(8)6-12(17)15-10-4-3-9(14)5-11(10)19-2/h3-5,7H,6H2,1-2H3,(H,15,17). The van der Waals surface area contributed by atoms with E-state index in [1.807, 2.05) is 0 Å². The second-order valence-electron chi connectivity index (χ2n) is 4.12. The van der Waals surface area contributed by atoms with Crippen LogP contribution in [0.4, 0.5) is 10.1 Å². The van der Waals surface area contributed by atoms with E-state index in [2.05, 4.69) is 5.32 Å². The number of amides is 1. The van der Waals surface area contributed by atoms with Crippen LogP contribution in [-0.4, -0.2) is 17.6 Å². The highest BCUT2D eigenvalue weighted by atomic mass is 32.1. The fraction of sp³-hybridized carbons (Fsp3) is 0.231. The van der Waals surface area contributed by atoms with Crippen LogP contribution in [0, 0.1) is 12.7 Å². The first-order valence-electron chi connectivity index (χ1n) is 5.79. The summed E-state index contributed by atoms with van der Waals surface area (Å²) >= 11 is 1.04. The summed E-state index contributed by atoms with van der Waals surface area (Å²) in [7, 11) is 1.39. The van der Waals surface area contributed by atoms with Gasteiger partial charge in [0.05, 0.1) is 12.8 Å². The summed E-state index contributed by atoms with van der Waals surface area (Å²) in [4.78, 5) is 23.3. The number of methoxy groups -OCH3 is 1. The van der Waals surface area contributed by atoms with Gasteiger partial charge >= 0.3 is 4.87 Å². The van der Waals surface area contributed by atoms with Crippen molar-refractivity contribution in [2.75, 3.05) is 12.4 Å². The van der Waals surface area contributed by atoms with Gasteiger partial charge in [-0.1, -0.05) is 11.3 Å². The fourth-order valence-corrected chi connectivity index (χ4v) is 2.43. The van der Waals surface area contributed by atoms with Crippen molar-refractivity contribution in [2.24, 2.45) is 0 Å². The van der Waals surface area contributed by atoms with Crippen molar-refractivity contribution in [3.63, 3.8) is 0 Å². The molecule has 7 heteroatoms. The lowest BCUT2D eigenvalue weighted by atomic mass is 10.3. The van der Waals surface area contributed by atoms with E-state index in [1.165, 1.54) is 29.9 Å². The number of hydrogen-bond acceptors (Lipinski definition) is 4. The summed E-state index contributed by atoms with van der Waals surface area (Å²) in [6, 6.07) is 3.81. The number of aryl methyl sites for hydroxylation is 1. The van der Waals surface area contributed by atoms with Crippen molar-refractivity contribution in [1.82, 2.24) is 4.57 Å². The Bertz CT molecular complexity index is 693. The Kier molecular flexibility index (Phi) is 4.19. The maximum atomic E-state index is 13.0. The third-order valence-corrected chi connectivity index (χ3v) is 3.60. The molecule has 5 nitrogen and oxygen atoms in total. The number of carbonyl (C=O) groups is 1. The van der Waals surface area contributed by atoms with E-state index in [4.69, 9.17) is 4.74 Å². The molecule has 0 saturated heterocycles. The topological polar surface area (TPSA) is 60.3 Å². The van der Waals surface area contributed by atoms with Crippen molar-refractivity contribution >= 4 is 22.9 Å². The number of halogens is 1. The molecule has 1 aromatic heterocycles. The predicted octanol–water partition coefficient (Wildman–Crippen LogP) is 2.00. The van der Waals surface area contributed by atoms with E-state index in [0.717, 1.165) is 17.0 Å². The maximum Gasteiger partial charge on any atom is 0.307 e. The number of hydrogen-bond donors (Lipinski definition) is 1. The van der Waals surface area contributed by atoms with Crippen LogP contribution < -0.4 is 14.9 Å². The first kappa shape index (κ1) is 14.3. The van der Waals surface area contributed by atoms with Gasteiger partial charge < -0.3 is 10.1 Å². The molecule has 1 heterocycles. The van der Waals surface area contributed by atoms with Crippen molar-refractivity contribution in [2.45, 2.75) is 13.5 Å². The van der Waals surface area contributed by atoms with Crippen molar-refractivity contribution in [1.29, 1.82) is 0 Å². The van der Waals surface area contributed by atoms with Crippen LogP contribution in [0.2, 0.25) is 0 Å². The third-order valence-electron chi connectivity index (χ3n) is 2.72. The lowest BCUT2D eigenvalue weighted by molar-refractivity contribution is -0.116. The van der Waals surface area contributed by atoms with E-state index in [1.54, 1.807) is 12.3 Å². The minimum Gasteiger partial charge on any atom is -0.494 e. The Labute approximate surface area is 118 Å². The highest BCUT2D eigenvalue weighted by molar-refractivity contribution is 7.07. The van der Waals surface area contributed by atoms with Crippen molar-refractivity contribution in [3.8, 4) is 5.75 Å². The van der Waals surface area contributed by atoms with Crippen LogP contribution in [0.3, 0.4) is 0 Å². The normalized spacial score (nSPS) is 10.3. The first-order valence-corrected chi connectivity index (χ1v) is 6.67. The molecule has 1 aromatic carbocycles. The highest BCUT2D eigenvalue weighted by Crippen LogP contribution is 2.24. The van der Waals surface area contributed by atoms with Gasteiger partial charge in [-0.25, -0.2) is 4.39 Å². The number of nitrogens with zero attached hydrogens (tertiary/aromatic N) is 1. The van der Waals surface area contributed by atoms with Crippen LogP contribution in [0.15, 0.2) is 28.4 Å². The van der Waals surface area contributed by atoms with Crippen LogP contribution in [0.5, 0.6) is 5.75 Å². The summed E-state index contributed by atoms with van der Waals surface area (Å²) in [6.07, 6.45) is 0. The van der Waals surface area contributed by atoms with E-state index >= 15 is 0 Å². The molecular weight excluding hydrogens is 283 g/mol. The van der Waals surface area contributed by atoms with Crippen molar-refractivity contribution < 1.29 is 13.9 Å². The van der Waals surface area contributed by atoms with Gasteiger partial charge in [0.1, 0.15) is 18.1 Å². The largest absolute Gasteiger partial charge is 0.494 e. The van der Waals surface area contributed by atoms with E-state index < -0.39 is 5.82 Å². The Balaban J connectivity index is 2.15. The smallest absolute Gasteiger partial charge is 0.307 e. The van der Waals surface area contributed by atoms with Gasteiger partial charge in [0.15, 0.2) is 0 Å². The molecule has 2 rings (SSSR count). The van der Waals surface area contributed by atoms with Gasteiger partial charge in [-0.05, 0) is 19.1 Å². The summed E-state index contributed by atoms with van der Waals surface area (Å²) in [5.41, 5.74) is 1.08. The van der Waals surface area contributed by atoms with Gasteiger partial charge in [-0.15, -0.1) is 0 Å². The summed E-state index contributed by atoms with van der Waals surface area (Å²) in [5, 5.41) is 4.28. The van der Waals surface area contributed by atoms with Gasteiger partial charge in [0.25, 0.3) is 0 Å². The average Bonchev–Trinajstić information content (AvgIpc) is 2.72. The quantitative estimate of drug-likeness (QED) is 0.939. The number of benzene rings is 1. The molecule has 20 heavy (non-hydrogen) atoms. The zero-order valence-electron chi connectivity index (χ0n) is 11.0. The van der Waals surface area contributed by atoms with E-state index in [9.17, 15) is 14.0 Å². The molecule has 106 valence electrons. The SMILES string of the molecule is COc1cc(F)ccc1NC(=O)Cn1c(C)csc1=O. The van der Waals surface area contributed by atoms with Gasteiger partial charge in [-0.2, -0.15) is 0 Å². The molecule has 1 N–H and O–H groups in total. The Hall–Kier alpha value is -2.15. The lowest BCUT2D eigenvalue weighted by Crippen LogP contribution is -2.25. The molecule has 0 aliphatic rings. The summed E-state index contributed by atoms with van der Waals surface area (Å²) in [5.74, 6) is -0.601. The zero-order valence-corrected chi connectivity index (χ0v) is 11.8. The minimum atomic E-state index is -0.454. The maximum absolute atomic E-state index is 13.0. The predicted molar refractivity (Wildman–Crippen MR) is 74.9 cm³/mol. The highest BCUT2D eigenvalue weighted by Gasteiger charge is 2.11. The van der Waals surface area contributed by atoms with E-state index in [-0.39, 0.29) is 23.1 Å². The monoisotopic (exact) mass is 296 g/mol. The number of nitrogens with one attached hydrogen (secondary N) is 1. The Morgan fingerprint density at radius 1 is 1.50 bits per heavy atom. The molecule has 0 spiro atoms. The Morgan fingerprint density at radius 3 is 2.85 bits per heavy atom. The molecular formula is C13H13FN2O3S. The lowest BCUT2D eigenvalue weighted by Gasteiger charge is -2.10. The third kappa shape index (κ3) is 3.05. The fourth-order valence-electron chi connectivity index (χ4n) is 1.70. The van der Waals surface area contributed by atoms with Crippen LogP contribution in [0.25, 0.3) is 0 Å². The second-order valence-corrected chi connectivity index (χ2v) is 4.94. The van der Waals surface area contributed by atoms with Crippen molar-refractivity contribution in [3.05, 3.63) is 44.8 Å². The average molecular weight is 296 g/mol. The molecule has 0 atom stereocenters. The van der Waals surface area contributed by atoms with Crippen LogP contribution >= 0.6 is 11.3 Å². The molecule has 0 bridgehead atoms. The molecule has 0 unspecified atom stereocenters. The zero-order chi connectivity index (χ0) is 14.7. The second kappa shape index (κ2) is 5.87. The molecule has 0 fully saturated rings. The summed E-state index contributed by atoms with van der Waals surface area (Å²) in [6.45, 7) is 1.67.